The fraction of sp³-hybridized carbons (Fsp3) is 0.600. The predicted molar refractivity (Wildman–Crippen MR) is 73.5 cm³/mol. The fourth-order valence-corrected chi connectivity index (χ4v) is 3.12. The Labute approximate surface area is 109 Å². The second-order valence-corrected chi connectivity index (χ2v) is 5.22. The molecule has 1 fully saturated rings. The average molecular weight is 249 g/mol. The van der Waals surface area contributed by atoms with Crippen LogP contribution in [0.2, 0.25) is 0 Å². The Balaban J connectivity index is 2.48. The lowest BCUT2D eigenvalue weighted by molar-refractivity contribution is 0.350. The molecule has 0 heterocycles. The van der Waals surface area contributed by atoms with Gasteiger partial charge >= 0.3 is 0 Å². The zero-order valence-electron chi connectivity index (χ0n) is 11.6. The molecule has 2 N–H and O–H groups in total. The summed E-state index contributed by atoms with van der Waals surface area (Å²) in [7, 11) is 3.36. The normalized spacial score (nSPS) is 17.8. The van der Waals surface area contributed by atoms with Crippen LogP contribution in [0, 0.1) is 6.92 Å². The van der Waals surface area contributed by atoms with Gasteiger partial charge in [-0.3, -0.25) is 0 Å². The molecule has 0 bridgehead atoms. The molecule has 1 aromatic carbocycles. The van der Waals surface area contributed by atoms with Crippen LogP contribution >= 0.6 is 0 Å². The topological polar surface area (TPSA) is 44.5 Å². The quantitative estimate of drug-likeness (QED) is 0.892. The summed E-state index contributed by atoms with van der Waals surface area (Å²) >= 11 is 0. The molecule has 0 aromatic heterocycles. The van der Waals surface area contributed by atoms with Gasteiger partial charge < -0.3 is 15.2 Å². The van der Waals surface area contributed by atoms with Crippen LogP contribution in [0.1, 0.15) is 36.8 Å². The number of hydrogen-bond donors (Lipinski definition) is 1. The molecule has 0 atom stereocenters. The first-order valence-corrected chi connectivity index (χ1v) is 6.60. The van der Waals surface area contributed by atoms with Gasteiger partial charge in [0.25, 0.3) is 0 Å². The highest BCUT2D eigenvalue weighted by molar-refractivity contribution is 5.51. The van der Waals surface area contributed by atoms with E-state index in [1.165, 1.54) is 31.2 Å². The highest BCUT2D eigenvalue weighted by Gasteiger charge is 2.35. The summed E-state index contributed by atoms with van der Waals surface area (Å²) in [4.78, 5) is 0. The molecule has 1 saturated carbocycles. The molecular formula is C15H23NO2. The fourth-order valence-electron chi connectivity index (χ4n) is 3.12. The molecule has 18 heavy (non-hydrogen) atoms. The molecule has 0 amide bonds. The third kappa shape index (κ3) is 2.07. The van der Waals surface area contributed by atoms with Gasteiger partial charge in [-0.25, -0.2) is 0 Å². The van der Waals surface area contributed by atoms with E-state index in [0.29, 0.717) is 6.54 Å². The van der Waals surface area contributed by atoms with Crippen molar-refractivity contribution in [2.24, 2.45) is 5.73 Å². The molecule has 3 nitrogen and oxygen atoms in total. The Morgan fingerprint density at radius 2 is 1.83 bits per heavy atom. The molecule has 0 aliphatic heterocycles. The smallest absolute Gasteiger partial charge is 0.163 e. The molecule has 0 saturated heterocycles. The maximum absolute atomic E-state index is 6.04. The van der Waals surface area contributed by atoms with Gasteiger partial charge in [0.05, 0.1) is 14.2 Å². The van der Waals surface area contributed by atoms with Crippen molar-refractivity contribution in [3.8, 4) is 11.5 Å². The summed E-state index contributed by atoms with van der Waals surface area (Å²) in [6, 6.07) is 4.31. The number of hydrogen-bond acceptors (Lipinski definition) is 3. The average Bonchev–Trinajstić information content (AvgIpc) is 2.87. The van der Waals surface area contributed by atoms with Crippen molar-refractivity contribution in [2.45, 2.75) is 38.0 Å². The number of ether oxygens (including phenoxy) is 2. The summed E-state index contributed by atoms with van der Waals surface area (Å²) in [6.07, 6.45) is 4.89. The molecule has 1 aliphatic rings. The highest BCUT2D eigenvalue weighted by atomic mass is 16.5. The highest BCUT2D eigenvalue weighted by Crippen LogP contribution is 2.44. The van der Waals surface area contributed by atoms with Gasteiger partial charge in [-0.2, -0.15) is 0 Å². The van der Waals surface area contributed by atoms with E-state index in [1.807, 2.05) is 0 Å². The van der Waals surface area contributed by atoms with Gasteiger partial charge in [0.1, 0.15) is 0 Å². The van der Waals surface area contributed by atoms with E-state index < -0.39 is 0 Å². The lowest BCUT2D eigenvalue weighted by Gasteiger charge is -2.29. The maximum atomic E-state index is 6.04. The number of rotatable bonds is 4. The Kier molecular flexibility index (Phi) is 3.81. The second kappa shape index (κ2) is 5.19. The Morgan fingerprint density at radius 1 is 1.17 bits per heavy atom. The van der Waals surface area contributed by atoms with Crippen molar-refractivity contribution >= 4 is 0 Å². The minimum Gasteiger partial charge on any atom is -0.493 e. The van der Waals surface area contributed by atoms with Crippen LogP contribution in [0.15, 0.2) is 12.1 Å². The molecule has 0 spiro atoms. The standard InChI is InChI=1S/C15H23NO2/c1-11-8-12(9-13(17-2)14(11)18-3)15(10-16)6-4-5-7-15/h8-9H,4-7,10,16H2,1-3H3. The Morgan fingerprint density at radius 3 is 2.33 bits per heavy atom. The van der Waals surface area contributed by atoms with Gasteiger partial charge in [-0.1, -0.05) is 18.9 Å². The Bertz CT molecular complexity index is 423. The van der Waals surface area contributed by atoms with Crippen LogP contribution in [-0.4, -0.2) is 20.8 Å². The van der Waals surface area contributed by atoms with Crippen LogP contribution < -0.4 is 15.2 Å². The first kappa shape index (κ1) is 13.2. The third-order valence-corrected chi connectivity index (χ3v) is 4.23. The predicted octanol–water partition coefficient (Wildman–Crippen LogP) is 2.78. The summed E-state index contributed by atoms with van der Waals surface area (Å²) in [5, 5.41) is 0. The van der Waals surface area contributed by atoms with E-state index in [4.69, 9.17) is 15.2 Å². The van der Waals surface area contributed by atoms with E-state index >= 15 is 0 Å². The van der Waals surface area contributed by atoms with Crippen molar-refractivity contribution in [1.29, 1.82) is 0 Å². The van der Waals surface area contributed by atoms with Gasteiger partial charge in [-0.15, -0.1) is 0 Å². The van der Waals surface area contributed by atoms with E-state index in [-0.39, 0.29) is 5.41 Å². The molecule has 0 unspecified atom stereocenters. The molecule has 1 aliphatic carbocycles. The van der Waals surface area contributed by atoms with Crippen LogP contribution in [0.3, 0.4) is 0 Å². The van der Waals surface area contributed by atoms with E-state index in [2.05, 4.69) is 19.1 Å². The zero-order valence-corrected chi connectivity index (χ0v) is 11.6. The van der Waals surface area contributed by atoms with Gasteiger partial charge in [0.2, 0.25) is 0 Å². The third-order valence-electron chi connectivity index (χ3n) is 4.23. The molecule has 2 rings (SSSR count). The first-order chi connectivity index (χ1) is 8.66. The molecule has 0 radical (unpaired) electrons. The lowest BCUT2D eigenvalue weighted by atomic mass is 9.78. The van der Waals surface area contributed by atoms with E-state index in [9.17, 15) is 0 Å². The van der Waals surface area contributed by atoms with Crippen molar-refractivity contribution in [3.63, 3.8) is 0 Å². The largest absolute Gasteiger partial charge is 0.493 e. The van der Waals surface area contributed by atoms with E-state index in [1.54, 1.807) is 14.2 Å². The molecular weight excluding hydrogens is 226 g/mol. The number of nitrogens with two attached hydrogens (primary N) is 1. The van der Waals surface area contributed by atoms with Crippen LogP contribution in [0.4, 0.5) is 0 Å². The van der Waals surface area contributed by atoms with E-state index in [0.717, 1.165) is 17.1 Å². The van der Waals surface area contributed by atoms with Crippen LogP contribution in [0.5, 0.6) is 11.5 Å². The second-order valence-electron chi connectivity index (χ2n) is 5.22. The monoisotopic (exact) mass is 249 g/mol. The zero-order chi connectivity index (χ0) is 13.2. The number of aryl methyl sites for hydroxylation is 1. The summed E-state index contributed by atoms with van der Waals surface area (Å²) < 4.78 is 10.8. The van der Waals surface area contributed by atoms with Crippen LogP contribution in [0.25, 0.3) is 0 Å². The SMILES string of the molecule is COc1cc(C2(CN)CCCC2)cc(C)c1OC. The minimum absolute atomic E-state index is 0.143. The van der Waals surface area contributed by atoms with Crippen molar-refractivity contribution in [1.82, 2.24) is 0 Å². The number of methoxy groups -OCH3 is 2. The van der Waals surface area contributed by atoms with Gasteiger partial charge in [-0.05, 0) is 37.0 Å². The van der Waals surface area contributed by atoms with Crippen molar-refractivity contribution in [3.05, 3.63) is 23.3 Å². The molecule has 3 heteroatoms. The summed E-state index contributed by atoms with van der Waals surface area (Å²) in [6.45, 7) is 2.77. The molecule has 1 aromatic rings. The first-order valence-electron chi connectivity index (χ1n) is 6.60. The van der Waals surface area contributed by atoms with Crippen LogP contribution in [-0.2, 0) is 5.41 Å². The van der Waals surface area contributed by atoms with Crippen molar-refractivity contribution in [2.75, 3.05) is 20.8 Å². The summed E-state index contributed by atoms with van der Waals surface area (Å²) in [5.74, 6) is 1.64. The van der Waals surface area contributed by atoms with Crippen molar-refractivity contribution < 1.29 is 9.47 Å². The van der Waals surface area contributed by atoms with Gasteiger partial charge in [0, 0.05) is 12.0 Å². The number of benzene rings is 1. The lowest BCUT2D eigenvalue weighted by Crippen LogP contribution is -2.32. The maximum Gasteiger partial charge on any atom is 0.163 e. The minimum atomic E-state index is 0.143. The van der Waals surface area contributed by atoms with Gasteiger partial charge in [0.15, 0.2) is 11.5 Å². The Hall–Kier alpha value is -1.22. The summed E-state index contributed by atoms with van der Waals surface area (Å²) in [5.41, 5.74) is 8.60. The molecule has 100 valence electrons.